The Kier molecular flexibility index (Phi) is 8.30. The quantitative estimate of drug-likeness (QED) is 0.390. The normalized spacial score (nSPS) is 15.2. The maximum Gasteiger partial charge on any atom is 0.338 e. The van der Waals surface area contributed by atoms with Crippen LogP contribution in [0.2, 0.25) is 0 Å². The number of methoxy groups -OCH3 is 3. The van der Waals surface area contributed by atoms with E-state index < -0.39 is 12.0 Å². The van der Waals surface area contributed by atoms with Crippen LogP contribution in [0.15, 0.2) is 51.4 Å². The number of allylic oxidation sites excluding steroid dienone is 1. The van der Waals surface area contributed by atoms with Crippen molar-refractivity contribution in [3.8, 4) is 17.2 Å². The highest BCUT2D eigenvalue weighted by Gasteiger charge is 2.35. The zero-order valence-electron chi connectivity index (χ0n) is 23.6. The van der Waals surface area contributed by atoms with Crippen LogP contribution >= 0.6 is 11.3 Å². The van der Waals surface area contributed by atoms with E-state index >= 15 is 0 Å². The summed E-state index contributed by atoms with van der Waals surface area (Å²) < 4.78 is 24.1. The first-order chi connectivity index (χ1) is 18.6. The van der Waals surface area contributed by atoms with Crippen LogP contribution in [-0.2, 0) is 9.53 Å². The van der Waals surface area contributed by atoms with E-state index in [-0.39, 0.29) is 18.1 Å². The number of thiazole rings is 1. The van der Waals surface area contributed by atoms with Gasteiger partial charge in [0, 0.05) is 11.6 Å². The lowest BCUT2D eigenvalue weighted by atomic mass is 9.95. The number of esters is 1. The van der Waals surface area contributed by atoms with Crippen molar-refractivity contribution >= 4 is 23.4 Å². The summed E-state index contributed by atoms with van der Waals surface area (Å²) in [4.78, 5) is 32.4. The van der Waals surface area contributed by atoms with Gasteiger partial charge in [-0.1, -0.05) is 25.2 Å². The van der Waals surface area contributed by atoms with Crippen molar-refractivity contribution in [1.82, 2.24) is 4.57 Å². The van der Waals surface area contributed by atoms with Gasteiger partial charge in [-0.3, -0.25) is 9.36 Å². The third-order valence-corrected chi connectivity index (χ3v) is 7.76. The molecule has 9 heteroatoms. The number of fused-ring (bicyclic) bond motifs is 1. The van der Waals surface area contributed by atoms with Gasteiger partial charge in [0.25, 0.3) is 5.56 Å². The molecule has 0 amide bonds. The predicted molar refractivity (Wildman–Crippen MR) is 152 cm³/mol. The van der Waals surface area contributed by atoms with Gasteiger partial charge in [-0.2, -0.15) is 0 Å². The Morgan fingerprint density at radius 2 is 1.79 bits per heavy atom. The molecule has 0 N–H and O–H groups in total. The molecule has 0 aliphatic carbocycles. The van der Waals surface area contributed by atoms with E-state index in [9.17, 15) is 9.59 Å². The Labute approximate surface area is 231 Å². The predicted octanol–water partition coefficient (Wildman–Crippen LogP) is 4.26. The highest BCUT2D eigenvalue weighted by molar-refractivity contribution is 7.07. The third kappa shape index (κ3) is 5.23. The van der Waals surface area contributed by atoms with Crippen molar-refractivity contribution in [2.24, 2.45) is 4.99 Å². The fourth-order valence-corrected chi connectivity index (χ4v) is 5.81. The first kappa shape index (κ1) is 28.2. The highest BCUT2D eigenvalue weighted by atomic mass is 32.1. The van der Waals surface area contributed by atoms with Crippen LogP contribution < -0.4 is 29.1 Å². The minimum atomic E-state index is -0.786. The summed E-state index contributed by atoms with van der Waals surface area (Å²) in [6, 6.07) is 8.59. The SMILES string of the molecule is CCOC(=O)C1=C(C)N=c2sc(=Cc3cc(C(C)C)c(OC)cc3C)c(=O)n2C1c1ccc(OC)cc1OC. The van der Waals surface area contributed by atoms with E-state index in [1.807, 2.05) is 19.1 Å². The fraction of sp³-hybridized carbons (Fsp3) is 0.367. The zero-order chi connectivity index (χ0) is 28.4. The van der Waals surface area contributed by atoms with Crippen molar-refractivity contribution in [1.29, 1.82) is 0 Å². The second kappa shape index (κ2) is 11.5. The lowest BCUT2D eigenvalue weighted by Gasteiger charge is -2.26. The van der Waals surface area contributed by atoms with Gasteiger partial charge in [-0.05, 0) is 73.7 Å². The van der Waals surface area contributed by atoms with Crippen LogP contribution in [-0.4, -0.2) is 38.5 Å². The van der Waals surface area contributed by atoms with Crippen LogP contribution in [0.4, 0.5) is 0 Å². The summed E-state index contributed by atoms with van der Waals surface area (Å²) in [6.45, 7) is 9.90. The Bertz CT molecular complexity index is 1630. The molecule has 0 radical (unpaired) electrons. The summed E-state index contributed by atoms with van der Waals surface area (Å²) >= 11 is 1.29. The van der Waals surface area contributed by atoms with E-state index in [0.717, 1.165) is 22.4 Å². The molecule has 0 saturated carbocycles. The molecule has 1 aliphatic heterocycles. The summed E-state index contributed by atoms with van der Waals surface area (Å²) in [5.74, 6) is 1.62. The molecule has 3 aromatic rings. The maximum absolute atomic E-state index is 14.0. The van der Waals surface area contributed by atoms with Gasteiger partial charge in [0.2, 0.25) is 0 Å². The minimum Gasteiger partial charge on any atom is -0.497 e. The van der Waals surface area contributed by atoms with Gasteiger partial charge >= 0.3 is 5.97 Å². The number of nitrogens with zero attached hydrogens (tertiary/aromatic N) is 2. The molecule has 2 heterocycles. The first-order valence-corrected chi connectivity index (χ1v) is 13.6. The van der Waals surface area contributed by atoms with Crippen molar-refractivity contribution < 1.29 is 23.7 Å². The molecule has 0 fully saturated rings. The molecule has 0 spiro atoms. The molecule has 0 saturated heterocycles. The standard InChI is InChI=1S/C30H34N2O6S/c1-9-38-29(34)26-18(5)31-30-32(27(26)21-11-10-20(35-6)15-24(21)37-8)28(33)25(39-30)14-19-13-22(16(2)3)23(36-7)12-17(19)4/h10-16,27H,9H2,1-8H3. The number of carbonyl (C=O) groups is 1. The molecule has 2 aromatic carbocycles. The number of hydrogen-bond donors (Lipinski definition) is 0. The Morgan fingerprint density at radius 1 is 1.08 bits per heavy atom. The van der Waals surface area contributed by atoms with Crippen molar-refractivity contribution in [3.63, 3.8) is 0 Å². The molecule has 1 unspecified atom stereocenters. The fourth-order valence-electron chi connectivity index (χ4n) is 4.77. The smallest absolute Gasteiger partial charge is 0.338 e. The number of ether oxygens (including phenoxy) is 4. The monoisotopic (exact) mass is 550 g/mol. The van der Waals surface area contributed by atoms with E-state index in [0.29, 0.717) is 37.7 Å². The molecule has 39 heavy (non-hydrogen) atoms. The van der Waals surface area contributed by atoms with E-state index in [1.54, 1.807) is 57.9 Å². The number of carbonyl (C=O) groups excluding carboxylic acids is 1. The third-order valence-electron chi connectivity index (χ3n) is 6.78. The van der Waals surface area contributed by atoms with Crippen molar-refractivity contribution in [2.75, 3.05) is 27.9 Å². The first-order valence-electron chi connectivity index (χ1n) is 12.7. The largest absolute Gasteiger partial charge is 0.497 e. The number of aromatic nitrogens is 1. The number of aryl methyl sites for hydroxylation is 1. The van der Waals surface area contributed by atoms with Gasteiger partial charge < -0.3 is 18.9 Å². The molecule has 4 rings (SSSR count). The minimum absolute atomic E-state index is 0.196. The van der Waals surface area contributed by atoms with Crippen LogP contribution in [0.1, 0.15) is 61.9 Å². The zero-order valence-corrected chi connectivity index (χ0v) is 24.4. The second-order valence-corrected chi connectivity index (χ2v) is 10.5. The number of benzene rings is 2. The Balaban J connectivity index is 2.00. The van der Waals surface area contributed by atoms with Gasteiger partial charge in [-0.15, -0.1) is 0 Å². The van der Waals surface area contributed by atoms with Gasteiger partial charge in [0.05, 0.1) is 43.7 Å². The summed E-state index contributed by atoms with van der Waals surface area (Å²) in [5.41, 5.74) is 4.13. The van der Waals surface area contributed by atoms with Gasteiger partial charge in [-0.25, -0.2) is 9.79 Å². The van der Waals surface area contributed by atoms with E-state index in [2.05, 4.69) is 24.9 Å². The Hall–Kier alpha value is -3.85. The van der Waals surface area contributed by atoms with Gasteiger partial charge in [0.15, 0.2) is 4.80 Å². The van der Waals surface area contributed by atoms with Crippen molar-refractivity contribution in [3.05, 3.63) is 83.5 Å². The summed E-state index contributed by atoms with van der Waals surface area (Å²) in [7, 11) is 4.77. The average Bonchev–Trinajstić information content (AvgIpc) is 3.22. The molecule has 8 nitrogen and oxygen atoms in total. The number of hydrogen-bond acceptors (Lipinski definition) is 8. The average molecular weight is 551 g/mol. The van der Waals surface area contributed by atoms with Crippen molar-refractivity contribution in [2.45, 2.75) is 46.6 Å². The molecule has 0 bridgehead atoms. The summed E-state index contributed by atoms with van der Waals surface area (Å²) in [5, 5.41) is 0. The van der Waals surface area contributed by atoms with E-state index in [1.165, 1.54) is 11.3 Å². The molecule has 1 aliphatic rings. The van der Waals surface area contributed by atoms with Crippen LogP contribution in [0, 0.1) is 6.92 Å². The van der Waals surface area contributed by atoms with Crippen LogP contribution in [0.25, 0.3) is 6.08 Å². The van der Waals surface area contributed by atoms with Crippen LogP contribution in [0.5, 0.6) is 17.2 Å². The maximum atomic E-state index is 14.0. The molecular weight excluding hydrogens is 516 g/mol. The molecule has 1 aromatic heterocycles. The lowest BCUT2D eigenvalue weighted by molar-refractivity contribution is -0.139. The van der Waals surface area contributed by atoms with Crippen LogP contribution in [0.3, 0.4) is 0 Å². The van der Waals surface area contributed by atoms with E-state index in [4.69, 9.17) is 18.9 Å². The topological polar surface area (TPSA) is 88.4 Å². The number of rotatable bonds is 8. The molecule has 1 atom stereocenters. The second-order valence-electron chi connectivity index (χ2n) is 9.52. The summed E-state index contributed by atoms with van der Waals surface area (Å²) in [6.07, 6.45) is 1.89. The molecular formula is C30H34N2O6S. The van der Waals surface area contributed by atoms with Gasteiger partial charge in [0.1, 0.15) is 23.3 Å². The highest BCUT2D eigenvalue weighted by Crippen LogP contribution is 2.37. The lowest BCUT2D eigenvalue weighted by Crippen LogP contribution is -2.40. The molecule has 206 valence electrons. The Morgan fingerprint density at radius 3 is 2.41 bits per heavy atom.